The third-order valence-corrected chi connectivity index (χ3v) is 21.9. The zero-order valence-corrected chi connectivity index (χ0v) is 65.3. The summed E-state index contributed by atoms with van der Waals surface area (Å²) in [6, 6.07) is 150. The Morgan fingerprint density at radius 2 is 0.380 bits per heavy atom. The lowest BCUT2D eigenvalue weighted by Gasteiger charge is -2.37. The first-order valence-electron chi connectivity index (χ1n) is 40.1. The summed E-state index contributed by atoms with van der Waals surface area (Å²) >= 11 is 0. The standard InChI is InChI=1S/C105H76N12O4/c1-9-25-85(26-10-1)114(86-27-11-2-12-28-86)93-65-49-77(50-66-93)101-110-106-97(118-101)73-41-57-81(58-42-73)105(82-59-43-74(44-60-82)98-107-111-102(119-98)78-51-67-94(68-52-78)115(87-29-13-3-14-30-87)88-31-15-4-16-32-88,83-61-45-75(46-62-83)99-108-112-103(120-99)79-53-69-95(70-54-79)116(89-33-17-5-18-34-89)90-35-19-6-20-36-90)84-63-47-76(48-64-84)100-109-113-104(121-100)80-55-71-96(72-56-80)117(91-37-21-7-22-38-91)92-39-23-8-24-40-92/h1-72,101-102,110-111H. The molecule has 0 bridgehead atoms. The fraction of sp³-hybridized carbons (Fsp3) is 0.0286. The largest absolute Gasteiger partial charge is 0.446 e. The quantitative estimate of drug-likeness (QED) is 0.0551. The maximum absolute atomic E-state index is 6.75. The van der Waals surface area contributed by atoms with Gasteiger partial charge in [-0.15, -0.1) is 30.6 Å². The summed E-state index contributed by atoms with van der Waals surface area (Å²) in [6.07, 6.45) is -1.10. The molecule has 2 aliphatic rings. The van der Waals surface area contributed by atoms with Crippen molar-refractivity contribution in [1.29, 1.82) is 0 Å². The van der Waals surface area contributed by atoms with Gasteiger partial charge in [-0.25, -0.2) is 0 Å². The van der Waals surface area contributed by atoms with Gasteiger partial charge in [0.25, 0.3) is 0 Å². The predicted octanol–water partition coefficient (Wildman–Crippen LogP) is 25.3. The lowest BCUT2D eigenvalue weighted by atomic mass is 9.64. The Bertz CT molecular complexity index is 6020. The first-order valence-corrected chi connectivity index (χ1v) is 40.1. The van der Waals surface area contributed by atoms with E-state index < -0.39 is 17.9 Å². The van der Waals surface area contributed by atoms with E-state index in [9.17, 15) is 0 Å². The average Bonchev–Trinajstić information content (AvgIpc) is 1.06. The van der Waals surface area contributed by atoms with Gasteiger partial charge in [0, 0.05) is 113 Å². The fourth-order valence-electron chi connectivity index (χ4n) is 16.0. The van der Waals surface area contributed by atoms with E-state index in [1.54, 1.807) is 0 Å². The van der Waals surface area contributed by atoms with Gasteiger partial charge in [-0.05, 0) is 241 Å². The van der Waals surface area contributed by atoms with Gasteiger partial charge in [0.2, 0.25) is 47.8 Å². The van der Waals surface area contributed by atoms with Crippen molar-refractivity contribution >= 4 is 80.0 Å². The Morgan fingerprint density at radius 1 is 0.198 bits per heavy atom. The van der Waals surface area contributed by atoms with Crippen LogP contribution in [0.4, 0.5) is 68.2 Å². The molecule has 0 saturated heterocycles. The predicted molar refractivity (Wildman–Crippen MR) is 481 cm³/mol. The van der Waals surface area contributed by atoms with Crippen LogP contribution in [0.3, 0.4) is 0 Å². The zero-order valence-electron chi connectivity index (χ0n) is 65.3. The van der Waals surface area contributed by atoms with E-state index in [4.69, 9.17) is 28.5 Å². The van der Waals surface area contributed by atoms with Crippen LogP contribution < -0.4 is 30.5 Å². The molecule has 0 fully saturated rings. The first-order chi connectivity index (χ1) is 59.9. The number of aromatic nitrogens is 4. The lowest BCUT2D eigenvalue weighted by molar-refractivity contribution is 0.191. The number of nitrogens with zero attached hydrogens (tertiary/aromatic N) is 10. The van der Waals surface area contributed by atoms with Crippen molar-refractivity contribution < 1.29 is 18.3 Å². The maximum Gasteiger partial charge on any atom is 0.248 e. The smallest absolute Gasteiger partial charge is 0.248 e. The van der Waals surface area contributed by atoms with Crippen molar-refractivity contribution in [3.05, 3.63) is 481 Å². The van der Waals surface area contributed by atoms with Gasteiger partial charge in [-0.3, -0.25) is 10.9 Å². The molecule has 16 heteroatoms. The Hall–Kier alpha value is -16.5. The van der Waals surface area contributed by atoms with Crippen molar-refractivity contribution in [2.45, 2.75) is 17.9 Å². The molecular weight excluding hydrogens is 1490 g/mol. The number of hydrogen-bond donors (Lipinski definition) is 2. The summed E-state index contributed by atoms with van der Waals surface area (Å²) in [5.41, 5.74) is 28.0. The number of benzene rings is 16. The van der Waals surface area contributed by atoms with Crippen molar-refractivity contribution in [2.24, 2.45) is 10.2 Å². The second-order valence-electron chi connectivity index (χ2n) is 29.3. The molecule has 0 saturated carbocycles. The molecule has 2 unspecified atom stereocenters. The fourth-order valence-corrected chi connectivity index (χ4v) is 16.0. The average molecular weight is 1570 g/mol. The summed E-state index contributed by atoms with van der Waals surface area (Å²) in [5.74, 6) is 2.41. The van der Waals surface area contributed by atoms with E-state index >= 15 is 0 Å². The minimum atomic E-state index is -1.05. The third-order valence-electron chi connectivity index (χ3n) is 21.9. The number of rotatable bonds is 24. The Labute approximate surface area is 700 Å². The van der Waals surface area contributed by atoms with E-state index in [2.05, 4.69) is 342 Å². The summed E-state index contributed by atoms with van der Waals surface area (Å²) in [5, 5.41) is 28.3. The Balaban J connectivity index is 0.649. The van der Waals surface area contributed by atoms with E-state index in [0.717, 1.165) is 135 Å². The third kappa shape index (κ3) is 14.9. The maximum atomic E-state index is 6.75. The Morgan fingerprint density at radius 3 is 0.595 bits per heavy atom. The van der Waals surface area contributed by atoms with Crippen LogP contribution in [0.2, 0.25) is 0 Å². The second kappa shape index (κ2) is 33.0. The van der Waals surface area contributed by atoms with Gasteiger partial charge in [0.15, 0.2) is 0 Å². The Kier molecular flexibility index (Phi) is 20.0. The van der Waals surface area contributed by atoms with Gasteiger partial charge in [0.05, 0.1) is 5.41 Å². The molecule has 2 aliphatic heterocycles. The molecule has 16 aromatic carbocycles. The van der Waals surface area contributed by atoms with Crippen molar-refractivity contribution in [3.8, 4) is 45.8 Å². The van der Waals surface area contributed by atoms with Crippen LogP contribution in [0.15, 0.2) is 456 Å². The molecule has 2 atom stereocenters. The van der Waals surface area contributed by atoms with Gasteiger partial charge < -0.3 is 37.9 Å². The molecule has 121 heavy (non-hydrogen) atoms. The topological polar surface area (TPSA) is 158 Å². The number of para-hydroxylation sites is 8. The molecule has 18 aromatic rings. The number of hydrazone groups is 2. The van der Waals surface area contributed by atoms with Crippen molar-refractivity contribution in [2.75, 3.05) is 19.6 Å². The van der Waals surface area contributed by atoms with E-state index in [-0.39, 0.29) is 0 Å². The molecule has 16 nitrogen and oxygen atoms in total. The summed E-state index contributed by atoms with van der Waals surface area (Å²) in [4.78, 5) is 8.91. The first kappa shape index (κ1) is 73.4. The van der Waals surface area contributed by atoms with E-state index in [0.29, 0.717) is 35.4 Å². The molecule has 2 N–H and O–H groups in total. The number of anilines is 12. The summed E-state index contributed by atoms with van der Waals surface area (Å²) in [6.45, 7) is 0. The monoisotopic (exact) mass is 1570 g/mol. The van der Waals surface area contributed by atoms with Crippen LogP contribution in [0.5, 0.6) is 0 Å². The lowest BCUT2D eigenvalue weighted by Crippen LogP contribution is -2.31. The summed E-state index contributed by atoms with van der Waals surface area (Å²) in [7, 11) is 0. The second-order valence-corrected chi connectivity index (χ2v) is 29.3. The molecule has 580 valence electrons. The molecule has 0 radical (unpaired) electrons. The molecular formula is C105H76N12O4. The van der Waals surface area contributed by atoms with Crippen molar-refractivity contribution in [3.63, 3.8) is 0 Å². The highest BCUT2D eigenvalue weighted by atomic mass is 16.5. The molecule has 4 heterocycles. The molecule has 2 aromatic heterocycles. The molecule has 0 spiro atoms. The number of ether oxygens (including phenoxy) is 2. The van der Waals surface area contributed by atoms with Crippen LogP contribution >= 0.6 is 0 Å². The number of nitrogens with one attached hydrogen (secondary N) is 2. The highest BCUT2D eigenvalue weighted by Crippen LogP contribution is 2.48. The molecule has 0 amide bonds. The van der Waals surface area contributed by atoms with Gasteiger partial charge in [-0.2, -0.15) is 0 Å². The highest BCUT2D eigenvalue weighted by Gasteiger charge is 2.40. The highest BCUT2D eigenvalue weighted by molar-refractivity contribution is 5.96. The zero-order chi connectivity index (χ0) is 80.7. The van der Waals surface area contributed by atoms with Crippen LogP contribution in [-0.4, -0.2) is 32.2 Å². The van der Waals surface area contributed by atoms with Gasteiger partial charge in [-0.1, -0.05) is 218 Å². The van der Waals surface area contributed by atoms with Crippen LogP contribution in [0.1, 0.15) is 57.0 Å². The minimum absolute atomic E-state index is 0.365. The SMILES string of the molecule is c1ccc(N(c2ccccc2)c2ccc(-c3nnc(-c4ccc(C(c5ccc(C6=NNC(c7ccc(N(c8ccccc8)c8ccccc8)cc7)O6)cc5)(c5ccc(C6=NNC(c7ccc(N(c8ccccc8)c8ccccc8)cc7)O6)cc5)c5ccc(-c6nnc(-c7ccc(N(c8ccccc8)c8ccccc8)cc7)o6)cc5)cc4)o3)cc2)cc1. The minimum Gasteiger partial charge on any atom is -0.446 e. The van der Waals surface area contributed by atoms with E-state index in [1.165, 1.54) is 0 Å². The van der Waals surface area contributed by atoms with E-state index in [1.807, 2.05) is 146 Å². The van der Waals surface area contributed by atoms with Gasteiger partial charge >= 0.3 is 0 Å². The molecule has 20 rings (SSSR count). The van der Waals surface area contributed by atoms with Crippen molar-refractivity contribution in [1.82, 2.24) is 31.2 Å². The molecule has 0 aliphatic carbocycles. The van der Waals surface area contributed by atoms with Gasteiger partial charge in [0.1, 0.15) is 0 Å². The summed E-state index contributed by atoms with van der Waals surface area (Å²) < 4.78 is 26.7. The van der Waals surface area contributed by atoms with Crippen LogP contribution in [-0.2, 0) is 14.9 Å². The normalized spacial score (nSPS) is 13.5. The number of hydrogen-bond acceptors (Lipinski definition) is 16. The van der Waals surface area contributed by atoms with Crippen LogP contribution in [0, 0.1) is 0 Å². The van der Waals surface area contributed by atoms with Crippen LogP contribution in [0.25, 0.3) is 45.8 Å².